The average molecular weight is 574 g/mol. The Hall–Kier alpha value is -4.58. The average Bonchev–Trinajstić information content (AvgIpc) is 3.56. The molecule has 2 aliphatic rings. The molecule has 42 heavy (non-hydrogen) atoms. The van der Waals surface area contributed by atoms with E-state index in [1.165, 1.54) is 10.8 Å². The fourth-order valence-corrected chi connectivity index (χ4v) is 6.90. The molecule has 5 aromatic rings. The van der Waals surface area contributed by atoms with E-state index in [9.17, 15) is 19.1 Å². The molecular formula is C30H29F2N7O3. The number of aromatic amines is 1. The van der Waals surface area contributed by atoms with Crippen molar-refractivity contribution in [3.8, 4) is 11.1 Å². The van der Waals surface area contributed by atoms with Gasteiger partial charge in [0.15, 0.2) is 11.6 Å². The minimum absolute atomic E-state index is 0.0958. The summed E-state index contributed by atoms with van der Waals surface area (Å²) < 4.78 is 32.1. The molecule has 0 spiro atoms. The summed E-state index contributed by atoms with van der Waals surface area (Å²) in [7, 11) is 5.38. The molecule has 0 saturated carbocycles. The number of carboxylic acid groups (broad SMARTS) is 1. The van der Waals surface area contributed by atoms with Crippen LogP contribution < -0.4 is 15.6 Å². The number of H-pyrrole nitrogens is 1. The van der Waals surface area contributed by atoms with Gasteiger partial charge in [-0.1, -0.05) is 0 Å². The number of aryl methyl sites for hydroxylation is 1. The zero-order valence-corrected chi connectivity index (χ0v) is 23.3. The standard InChI is InChI=1S/C30H29F2N7O3/c1-33-20-9-19(31)24(32)22-23-26(39-7-5-14-4-6-37(2)21(14)13-39)17(11-34-28(23)36-25(20)22)15-8-16-27(40)18(30(41)42)12-38(3)29(16)35-10-15/h8-12,14,21,33H,4-7,13H2,1-3H3,(H,34,36)(H,41,42)/t14-,21+/m1/s1. The van der Waals surface area contributed by atoms with Crippen LogP contribution in [0.5, 0.6) is 0 Å². The fraction of sp³-hybridized carbons (Fsp3) is 0.333. The Bertz CT molecular complexity index is 2000. The van der Waals surface area contributed by atoms with Crippen molar-refractivity contribution in [3.05, 3.63) is 58.1 Å². The zero-order chi connectivity index (χ0) is 29.4. The van der Waals surface area contributed by atoms with Crippen molar-refractivity contribution in [3.63, 3.8) is 0 Å². The van der Waals surface area contributed by atoms with Gasteiger partial charge in [-0.05, 0) is 38.4 Å². The number of anilines is 2. The van der Waals surface area contributed by atoms with Gasteiger partial charge in [0, 0.05) is 69.0 Å². The third kappa shape index (κ3) is 3.78. The van der Waals surface area contributed by atoms with Crippen molar-refractivity contribution in [2.75, 3.05) is 43.9 Å². The lowest BCUT2D eigenvalue weighted by Gasteiger charge is -2.39. The Morgan fingerprint density at radius 2 is 1.90 bits per heavy atom. The smallest absolute Gasteiger partial charge is 0.341 e. The van der Waals surface area contributed by atoms with Crippen LogP contribution in [0.3, 0.4) is 0 Å². The number of hydrogen-bond acceptors (Lipinski definition) is 7. The van der Waals surface area contributed by atoms with Gasteiger partial charge in [-0.15, -0.1) is 0 Å². The molecular weight excluding hydrogens is 544 g/mol. The maximum Gasteiger partial charge on any atom is 0.341 e. The largest absolute Gasteiger partial charge is 0.477 e. The number of aromatic nitrogens is 4. The van der Waals surface area contributed by atoms with Crippen molar-refractivity contribution in [2.45, 2.75) is 18.9 Å². The lowest BCUT2D eigenvalue weighted by molar-refractivity contribution is 0.0695. The predicted octanol–water partition coefficient (Wildman–Crippen LogP) is 4.18. The summed E-state index contributed by atoms with van der Waals surface area (Å²) in [5, 5.41) is 13.2. The van der Waals surface area contributed by atoms with Gasteiger partial charge in [0.2, 0.25) is 5.43 Å². The molecule has 1 aromatic carbocycles. The van der Waals surface area contributed by atoms with Crippen LogP contribution >= 0.6 is 0 Å². The quantitative estimate of drug-likeness (QED) is 0.293. The first-order valence-electron chi connectivity index (χ1n) is 13.9. The summed E-state index contributed by atoms with van der Waals surface area (Å²) in [6, 6.07) is 3.04. The van der Waals surface area contributed by atoms with E-state index in [2.05, 4.69) is 37.1 Å². The van der Waals surface area contributed by atoms with Crippen molar-refractivity contribution >= 4 is 50.3 Å². The normalized spacial score (nSPS) is 19.2. The highest BCUT2D eigenvalue weighted by atomic mass is 19.2. The summed E-state index contributed by atoms with van der Waals surface area (Å²) in [5.41, 5.74) is 2.32. The maximum absolute atomic E-state index is 15.7. The highest BCUT2D eigenvalue weighted by Crippen LogP contribution is 2.45. The molecule has 2 atom stereocenters. The van der Waals surface area contributed by atoms with E-state index < -0.39 is 23.0 Å². The van der Waals surface area contributed by atoms with Crippen LogP contribution in [0.15, 0.2) is 35.5 Å². The van der Waals surface area contributed by atoms with Gasteiger partial charge in [-0.3, -0.25) is 4.79 Å². The van der Waals surface area contributed by atoms with Crippen LogP contribution in [-0.2, 0) is 7.05 Å². The second-order valence-electron chi connectivity index (χ2n) is 11.3. The van der Waals surface area contributed by atoms with E-state index in [4.69, 9.17) is 0 Å². The van der Waals surface area contributed by atoms with Gasteiger partial charge in [0.1, 0.15) is 16.9 Å². The Morgan fingerprint density at radius 3 is 2.67 bits per heavy atom. The van der Waals surface area contributed by atoms with Crippen LogP contribution in [0, 0.1) is 17.6 Å². The first kappa shape index (κ1) is 26.3. The molecule has 4 aromatic heterocycles. The SMILES string of the molecule is CNc1cc(F)c(F)c2c1[nH]c1ncc(-c3cnc4c(c3)c(=O)c(C(=O)O)cn4C)c(N3CC[C@H]4CCN(C)[C@H]4C3)c12. The minimum atomic E-state index is -1.33. The molecule has 2 fully saturated rings. The van der Waals surface area contributed by atoms with Gasteiger partial charge in [0.05, 0.1) is 33.1 Å². The summed E-state index contributed by atoms with van der Waals surface area (Å²) in [4.78, 5) is 41.9. The molecule has 2 aliphatic heterocycles. The molecule has 2 saturated heterocycles. The number of likely N-dealkylation sites (tertiary alicyclic amines) is 1. The molecule has 12 heteroatoms. The Labute approximate surface area is 238 Å². The maximum atomic E-state index is 15.7. The number of rotatable bonds is 4. The number of nitrogens with zero attached hydrogens (tertiary/aromatic N) is 5. The molecule has 0 amide bonds. The zero-order valence-electron chi connectivity index (χ0n) is 23.3. The Morgan fingerprint density at radius 1 is 1.12 bits per heavy atom. The van der Waals surface area contributed by atoms with E-state index in [0.717, 1.165) is 25.5 Å². The molecule has 7 rings (SSSR count). The van der Waals surface area contributed by atoms with E-state index in [1.807, 2.05) is 0 Å². The number of pyridine rings is 3. The highest BCUT2D eigenvalue weighted by Gasteiger charge is 2.38. The molecule has 0 aliphatic carbocycles. The summed E-state index contributed by atoms with van der Waals surface area (Å²) >= 11 is 0. The lowest BCUT2D eigenvalue weighted by Crippen LogP contribution is -2.47. The second-order valence-corrected chi connectivity index (χ2v) is 11.3. The first-order valence-corrected chi connectivity index (χ1v) is 13.9. The van der Waals surface area contributed by atoms with Gasteiger partial charge < -0.3 is 29.8 Å². The number of aromatic carboxylic acids is 1. The number of fused-ring (bicyclic) bond motifs is 5. The molecule has 0 radical (unpaired) electrons. The molecule has 3 N–H and O–H groups in total. The van der Waals surface area contributed by atoms with Gasteiger partial charge in [0.25, 0.3) is 0 Å². The van der Waals surface area contributed by atoms with Crippen molar-refractivity contribution in [1.82, 2.24) is 24.4 Å². The van der Waals surface area contributed by atoms with Crippen molar-refractivity contribution in [1.29, 1.82) is 0 Å². The molecule has 0 bridgehead atoms. The van der Waals surface area contributed by atoms with E-state index in [0.29, 0.717) is 69.7 Å². The minimum Gasteiger partial charge on any atom is -0.477 e. The number of piperidine rings is 1. The van der Waals surface area contributed by atoms with Crippen LogP contribution in [0.1, 0.15) is 23.2 Å². The van der Waals surface area contributed by atoms with Crippen LogP contribution in [0.25, 0.3) is 44.1 Å². The van der Waals surface area contributed by atoms with Gasteiger partial charge in [-0.2, -0.15) is 0 Å². The Balaban J connectivity index is 1.54. The first-order chi connectivity index (χ1) is 20.2. The van der Waals surface area contributed by atoms with E-state index in [1.54, 1.807) is 32.6 Å². The number of carbonyl (C=O) groups is 1. The number of nitrogens with one attached hydrogen (secondary N) is 2. The van der Waals surface area contributed by atoms with E-state index in [-0.39, 0.29) is 16.3 Å². The third-order valence-electron chi connectivity index (χ3n) is 9.04. The molecule has 10 nitrogen and oxygen atoms in total. The molecule has 6 heterocycles. The van der Waals surface area contributed by atoms with Crippen molar-refractivity contribution in [2.24, 2.45) is 13.0 Å². The Kier molecular flexibility index (Phi) is 5.94. The monoisotopic (exact) mass is 573 g/mol. The second kappa shape index (κ2) is 9.48. The highest BCUT2D eigenvalue weighted by molar-refractivity contribution is 6.18. The summed E-state index contributed by atoms with van der Waals surface area (Å²) in [5.74, 6) is -2.72. The number of hydrogen-bond donors (Lipinski definition) is 3. The molecule has 0 unspecified atom stereocenters. The number of halogens is 2. The lowest BCUT2D eigenvalue weighted by atomic mass is 9.90. The van der Waals surface area contributed by atoms with Crippen LogP contribution in [-0.4, -0.2) is 75.3 Å². The number of benzene rings is 1. The summed E-state index contributed by atoms with van der Waals surface area (Å²) in [6.45, 7) is 2.39. The van der Waals surface area contributed by atoms with Gasteiger partial charge >= 0.3 is 5.97 Å². The fourth-order valence-electron chi connectivity index (χ4n) is 6.90. The number of carboxylic acids is 1. The third-order valence-corrected chi connectivity index (χ3v) is 9.04. The topological polar surface area (TPSA) is 119 Å². The van der Waals surface area contributed by atoms with Crippen molar-refractivity contribution < 1.29 is 18.7 Å². The predicted molar refractivity (Wildman–Crippen MR) is 157 cm³/mol. The summed E-state index contributed by atoms with van der Waals surface area (Å²) in [6.07, 6.45) is 6.57. The van der Waals surface area contributed by atoms with Crippen LogP contribution in [0.4, 0.5) is 20.2 Å². The van der Waals surface area contributed by atoms with E-state index >= 15 is 4.39 Å². The molecule has 216 valence electrons. The van der Waals surface area contributed by atoms with Crippen LogP contribution in [0.2, 0.25) is 0 Å². The van der Waals surface area contributed by atoms with Gasteiger partial charge in [-0.25, -0.2) is 23.5 Å². The number of likely N-dealkylation sites (N-methyl/N-ethyl adjacent to an activating group) is 1.